The molecule has 0 aliphatic heterocycles. The Bertz CT molecular complexity index is 384. The van der Waals surface area contributed by atoms with Gasteiger partial charge in [0.15, 0.2) is 0 Å². The predicted molar refractivity (Wildman–Crippen MR) is 68.6 cm³/mol. The number of amides is 1. The average Bonchev–Trinajstić information content (AvgIpc) is 2.57. The molecule has 0 bridgehead atoms. The van der Waals surface area contributed by atoms with Crippen LogP contribution >= 0.6 is 0 Å². The van der Waals surface area contributed by atoms with Gasteiger partial charge in [-0.1, -0.05) is 20.8 Å². The number of anilines is 1. The molecule has 5 nitrogen and oxygen atoms in total. The van der Waals surface area contributed by atoms with E-state index in [0.717, 1.165) is 17.8 Å². The van der Waals surface area contributed by atoms with E-state index in [0.29, 0.717) is 12.3 Å². The molecule has 0 aliphatic rings. The van der Waals surface area contributed by atoms with Crippen molar-refractivity contribution in [2.75, 3.05) is 5.32 Å². The first-order valence-corrected chi connectivity index (χ1v) is 6.03. The van der Waals surface area contributed by atoms with Crippen molar-refractivity contribution in [3.63, 3.8) is 0 Å². The quantitative estimate of drug-likeness (QED) is 0.812. The van der Waals surface area contributed by atoms with Gasteiger partial charge in [-0.3, -0.25) is 9.48 Å². The molecular weight excluding hydrogens is 216 g/mol. The average molecular weight is 238 g/mol. The maximum atomic E-state index is 11.9. The number of nitrogens with two attached hydrogens (primary N) is 1. The summed E-state index contributed by atoms with van der Waals surface area (Å²) in [4.78, 5) is 11.9. The highest BCUT2D eigenvalue weighted by Crippen LogP contribution is 2.14. The highest BCUT2D eigenvalue weighted by Gasteiger charge is 2.17. The van der Waals surface area contributed by atoms with Crippen molar-refractivity contribution in [3.05, 3.63) is 11.9 Å². The third kappa shape index (κ3) is 3.85. The van der Waals surface area contributed by atoms with Gasteiger partial charge in [-0.05, 0) is 18.8 Å². The highest BCUT2D eigenvalue weighted by molar-refractivity contribution is 5.95. The zero-order chi connectivity index (χ0) is 13.0. The van der Waals surface area contributed by atoms with Crippen LogP contribution in [-0.4, -0.2) is 21.7 Å². The fourth-order valence-electron chi connectivity index (χ4n) is 1.74. The maximum absolute atomic E-state index is 11.9. The second-order valence-electron chi connectivity index (χ2n) is 4.74. The number of nitrogens with one attached hydrogen (secondary N) is 1. The van der Waals surface area contributed by atoms with Crippen LogP contribution in [0.25, 0.3) is 0 Å². The minimum atomic E-state index is -0.458. The number of carbonyl (C=O) groups is 1. The summed E-state index contributed by atoms with van der Waals surface area (Å²) < 4.78 is 1.70. The Morgan fingerprint density at radius 3 is 2.76 bits per heavy atom. The highest BCUT2D eigenvalue weighted by atomic mass is 16.2. The normalized spacial score (nSPS) is 12.8. The second-order valence-corrected chi connectivity index (χ2v) is 4.74. The zero-order valence-electron chi connectivity index (χ0n) is 11.0. The Morgan fingerprint density at radius 2 is 2.24 bits per heavy atom. The molecule has 0 saturated heterocycles. The van der Waals surface area contributed by atoms with Crippen LogP contribution in [0.4, 0.5) is 5.69 Å². The number of nitrogens with zero attached hydrogens (tertiary/aromatic N) is 2. The number of hydrogen-bond acceptors (Lipinski definition) is 3. The van der Waals surface area contributed by atoms with Crippen molar-refractivity contribution in [1.82, 2.24) is 9.78 Å². The Labute approximate surface area is 102 Å². The molecule has 1 aromatic rings. The molecule has 1 atom stereocenters. The van der Waals surface area contributed by atoms with E-state index in [1.807, 2.05) is 14.0 Å². The van der Waals surface area contributed by atoms with Crippen LogP contribution in [0.2, 0.25) is 0 Å². The van der Waals surface area contributed by atoms with Gasteiger partial charge in [0.1, 0.15) is 0 Å². The summed E-state index contributed by atoms with van der Waals surface area (Å²) in [6.07, 6.45) is 3.28. The van der Waals surface area contributed by atoms with Crippen LogP contribution in [0.15, 0.2) is 6.20 Å². The molecule has 0 fully saturated rings. The minimum Gasteiger partial charge on any atom is -0.322 e. The van der Waals surface area contributed by atoms with Gasteiger partial charge in [0.25, 0.3) is 0 Å². The van der Waals surface area contributed by atoms with Crippen LogP contribution in [0.1, 0.15) is 32.9 Å². The van der Waals surface area contributed by atoms with Gasteiger partial charge < -0.3 is 11.1 Å². The van der Waals surface area contributed by atoms with Crippen molar-refractivity contribution >= 4 is 11.6 Å². The van der Waals surface area contributed by atoms with E-state index in [2.05, 4.69) is 24.3 Å². The SMILES string of the molecule is CCc1nn(C)cc1NC(=O)C(N)CC(C)C. The molecule has 0 aliphatic carbocycles. The Hall–Kier alpha value is -1.36. The number of hydrogen-bond donors (Lipinski definition) is 2. The van der Waals surface area contributed by atoms with Crippen LogP contribution < -0.4 is 11.1 Å². The van der Waals surface area contributed by atoms with Gasteiger partial charge in [0, 0.05) is 13.2 Å². The summed E-state index contributed by atoms with van der Waals surface area (Å²) in [6, 6.07) is -0.458. The monoisotopic (exact) mass is 238 g/mol. The van der Waals surface area contributed by atoms with Crippen molar-refractivity contribution in [3.8, 4) is 0 Å². The first-order valence-electron chi connectivity index (χ1n) is 6.03. The van der Waals surface area contributed by atoms with Gasteiger partial charge in [-0.25, -0.2) is 0 Å². The van der Waals surface area contributed by atoms with Gasteiger partial charge >= 0.3 is 0 Å². The third-order valence-electron chi connectivity index (χ3n) is 2.56. The lowest BCUT2D eigenvalue weighted by molar-refractivity contribution is -0.117. The van der Waals surface area contributed by atoms with Crippen LogP contribution in [0.5, 0.6) is 0 Å². The third-order valence-corrected chi connectivity index (χ3v) is 2.56. The van der Waals surface area contributed by atoms with Gasteiger partial charge in [-0.2, -0.15) is 5.10 Å². The molecule has 0 spiro atoms. The first-order chi connectivity index (χ1) is 7.93. The molecule has 1 heterocycles. The van der Waals surface area contributed by atoms with Crippen molar-refractivity contribution in [2.45, 2.75) is 39.7 Å². The van der Waals surface area contributed by atoms with Crippen molar-refractivity contribution in [1.29, 1.82) is 0 Å². The summed E-state index contributed by atoms with van der Waals surface area (Å²) in [5.41, 5.74) is 7.47. The largest absolute Gasteiger partial charge is 0.322 e. The lowest BCUT2D eigenvalue weighted by Crippen LogP contribution is -2.36. The fourth-order valence-corrected chi connectivity index (χ4v) is 1.74. The minimum absolute atomic E-state index is 0.138. The number of rotatable bonds is 5. The Kier molecular flexibility index (Phi) is 4.69. The summed E-state index contributed by atoms with van der Waals surface area (Å²) in [6.45, 7) is 6.11. The van der Waals surface area contributed by atoms with E-state index in [9.17, 15) is 4.79 Å². The van der Waals surface area contributed by atoms with E-state index in [1.54, 1.807) is 10.9 Å². The molecule has 17 heavy (non-hydrogen) atoms. The second kappa shape index (κ2) is 5.82. The predicted octanol–water partition coefficient (Wildman–Crippen LogP) is 1.29. The Balaban J connectivity index is 2.67. The topological polar surface area (TPSA) is 72.9 Å². The van der Waals surface area contributed by atoms with Crippen molar-refractivity contribution in [2.24, 2.45) is 18.7 Å². The molecule has 1 amide bonds. The number of carbonyl (C=O) groups excluding carboxylic acids is 1. The lowest BCUT2D eigenvalue weighted by atomic mass is 10.0. The molecule has 3 N–H and O–H groups in total. The van der Waals surface area contributed by atoms with E-state index in [4.69, 9.17) is 5.73 Å². The Morgan fingerprint density at radius 1 is 1.59 bits per heavy atom. The maximum Gasteiger partial charge on any atom is 0.241 e. The summed E-state index contributed by atoms with van der Waals surface area (Å²) in [5.74, 6) is 0.275. The zero-order valence-corrected chi connectivity index (χ0v) is 11.0. The number of aryl methyl sites for hydroxylation is 2. The fraction of sp³-hybridized carbons (Fsp3) is 0.667. The summed E-state index contributed by atoms with van der Waals surface area (Å²) in [7, 11) is 1.84. The molecule has 1 aromatic heterocycles. The molecule has 0 radical (unpaired) electrons. The van der Waals surface area contributed by atoms with Crippen LogP contribution in [0.3, 0.4) is 0 Å². The smallest absolute Gasteiger partial charge is 0.241 e. The van der Waals surface area contributed by atoms with E-state index < -0.39 is 6.04 Å². The molecule has 96 valence electrons. The van der Waals surface area contributed by atoms with Gasteiger partial charge in [0.2, 0.25) is 5.91 Å². The van der Waals surface area contributed by atoms with Crippen LogP contribution in [-0.2, 0) is 18.3 Å². The first kappa shape index (κ1) is 13.7. The van der Waals surface area contributed by atoms with E-state index in [-0.39, 0.29) is 5.91 Å². The molecule has 0 aromatic carbocycles. The lowest BCUT2D eigenvalue weighted by Gasteiger charge is -2.13. The molecule has 5 heteroatoms. The molecule has 0 saturated carbocycles. The molecule has 1 rings (SSSR count). The number of aromatic nitrogens is 2. The van der Waals surface area contributed by atoms with Gasteiger partial charge in [-0.15, -0.1) is 0 Å². The molecular formula is C12H22N4O. The van der Waals surface area contributed by atoms with E-state index in [1.165, 1.54) is 0 Å². The standard InChI is InChI=1S/C12H22N4O/c1-5-10-11(7-16(4)15-10)14-12(17)9(13)6-8(2)3/h7-9H,5-6,13H2,1-4H3,(H,14,17). The van der Waals surface area contributed by atoms with E-state index >= 15 is 0 Å². The van der Waals surface area contributed by atoms with Gasteiger partial charge in [0.05, 0.1) is 17.4 Å². The summed E-state index contributed by atoms with van der Waals surface area (Å²) in [5, 5.41) is 7.10. The molecule has 1 unspecified atom stereocenters. The van der Waals surface area contributed by atoms with Crippen molar-refractivity contribution < 1.29 is 4.79 Å². The van der Waals surface area contributed by atoms with Crippen LogP contribution in [0, 0.1) is 5.92 Å². The summed E-state index contributed by atoms with van der Waals surface area (Å²) >= 11 is 0.